The predicted octanol–water partition coefficient (Wildman–Crippen LogP) is 15.5. The molecular weight excluding hydrogens is 679 g/mol. The molecule has 0 fully saturated rings. The Morgan fingerprint density at radius 2 is 0.625 bits per heavy atom. The van der Waals surface area contributed by atoms with Crippen LogP contribution in [0, 0.1) is 0 Å². The number of hydrogen-bond donors (Lipinski definition) is 0. The molecule has 2 nitrogen and oxygen atoms in total. The van der Waals surface area contributed by atoms with Gasteiger partial charge in [-0.05, 0) is 97.2 Å². The highest BCUT2D eigenvalue weighted by Gasteiger charge is 2.17. The normalized spacial score (nSPS) is 11.6. The van der Waals surface area contributed by atoms with Gasteiger partial charge in [0.2, 0.25) is 0 Å². The van der Waals surface area contributed by atoms with E-state index in [1.807, 2.05) is 0 Å². The maximum atomic E-state index is 6.71. The van der Waals surface area contributed by atoms with E-state index >= 15 is 0 Å². The van der Waals surface area contributed by atoms with Crippen molar-refractivity contribution in [1.82, 2.24) is 0 Å². The smallest absolute Gasteiger partial charge is 0.143 e. The lowest BCUT2D eigenvalue weighted by Crippen LogP contribution is -2.09. The lowest BCUT2D eigenvalue weighted by atomic mass is 9.97. The van der Waals surface area contributed by atoms with Gasteiger partial charge in [0.1, 0.15) is 11.2 Å². The van der Waals surface area contributed by atoms with Crippen LogP contribution >= 0.6 is 0 Å². The van der Waals surface area contributed by atoms with Gasteiger partial charge in [0, 0.05) is 38.8 Å². The zero-order chi connectivity index (χ0) is 37.0. The minimum atomic E-state index is 0.913. The van der Waals surface area contributed by atoms with E-state index in [4.69, 9.17) is 4.42 Å². The topological polar surface area (TPSA) is 16.4 Å². The average Bonchev–Trinajstić information content (AvgIpc) is 3.67. The minimum Gasteiger partial charge on any atom is -0.455 e. The number of furan rings is 1. The third kappa shape index (κ3) is 5.34. The van der Waals surface area contributed by atoms with E-state index in [1.165, 1.54) is 49.2 Å². The van der Waals surface area contributed by atoms with Gasteiger partial charge in [-0.1, -0.05) is 170 Å². The van der Waals surface area contributed by atoms with Crippen molar-refractivity contribution in [3.05, 3.63) is 212 Å². The fourth-order valence-corrected chi connectivity index (χ4v) is 8.53. The number of nitrogens with zero attached hydrogens (tertiary/aromatic N) is 1. The first-order valence-electron chi connectivity index (χ1n) is 19.2. The highest BCUT2D eigenvalue weighted by molar-refractivity contribution is 6.17. The molecule has 11 rings (SSSR count). The summed E-state index contributed by atoms with van der Waals surface area (Å²) >= 11 is 0. The maximum Gasteiger partial charge on any atom is 0.143 e. The van der Waals surface area contributed by atoms with Crippen LogP contribution in [0.1, 0.15) is 0 Å². The molecular formula is C54H35NO. The summed E-state index contributed by atoms with van der Waals surface area (Å²) in [5.41, 5.74) is 12.2. The van der Waals surface area contributed by atoms with E-state index in [9.17, 15) is 0 Å². The Morgan fingerprint density at radius 1 is 0.250 bits per heavy atom. The lowest BCUT2D eigenvalue weighted by Gasteiger charge is -2.26. The molecule has 262 valence electrons. The minimum absolute atomic E-state index is 0.913. The van der Waals surface area contributed by atoms with Crippen LogP contribution in [0.4, 0.5) is 17.1 Å². The molecule has 0 unspecified atom stereocenters. The van der Waals surface area contributed by atoms with E-state index in [2.05, 4.69) is 217 Å². The van der Waals surface area contributed by atoms with Crippen molar-refractivity contribution in [3.63, 3.8) is 0 Å². The molecule has 0 radical (unpaired) electrons. The van der Waals surface area contributed by atoms with Gasteiger partial charge < -0.3 is 9.32 Å². The van der Waals surface area contributed by atoms with Crippen molar-refractivity contribution in [3.8, 4) is 33.4 Å². The Labute approximate surface area is 325 Å². The number of hydrogen-bond acceptors (Lipinski definition) is 2. The summed E-state index contributed by atoms with van der Waals surface area (Å²) < 4.78 is 6.71. The summed E-state index contributed by atoms with van der Waals surface area (Å²) in [5.74, 6) is 0. The molecule has 56 heavy (non-hydrogen) atoms. The molecule has 0 bridgehead atoms. The molecule has 2 heteroatoms. The second kappa shape index (κ2) is 13.2. The van der Waals surface area contributed by atoms with Crippen molar-refractivity contribution < 1.29 is 4.42 Å². The van der Waals surface area contributed by atoms with Crippen LogP contribution in [0.25, 0.3) is 87.6 Å². The van der Waals surface area contributed by atoms with Gasteiger partial charge in [0.25, 0.3) is 0 Å². The van der Waals surface area contributed by atoms with E-state index in [-0.39, 0.29) is 0 Å². The van der Waals surface area contributed by atoms with E-state index < -0.39 is 0 Å². The van der Waals surface area contributed by atoms with Gasteiger partial charge in [-0.2, -0.15) is 0 Å². The predicted molar refractivity (Wildman–Crippen MR) is 237 cm³/mol. The first kappa shape index (κ1) is 32.0. The van der Waals surface area contributed by atoms with Crippen LogP contribution in [-0.4, -0.2) is 0 Å². The van der Waals surface area contributed by atoms with Crippen LogP contribution in [0.2, 0.25) is 0 Å². The van der Waals surface area contributed by atoms with E-state index in [0.29, 0.717) is 0 Å². The van der Waals surface area contributed by atoms with E-state index in [1.54, 1.807) is 0 Å². The highest BCUT2D eigenvalue weighted by Crippen LogP contribution is 2.42. The molecule has 1 heterocycles. The second-order valence-electron chi connectivity index (χ2n) is 14.5. The fraction of sp³-hybridized carbons (Fsp3) is 0. The molecule has 0 saturated carbocycles. The molecule has 0 spiro atoms. The molecule has 10 aromatic carbocycles. The van der Waals surface area contributed by atoms with Crippen molar-refractivity contribution in [1.29, 1.82) is 0 Å². The number of benzene rings is 10. The Hall–Kier alpha value is -7.42. The monoisotopic (exact) mass is 713 g/mol. The summed E-state index contributed by atoms with van der Waals surface area (Å²) in [4.78, 5) is 2.34. The molecule has 11 aromatic rings. The van der Waals surface area contributed by atoms with Crippen molar-refractivity contribution in [2.24, 2.45) is 0 Å². The van der Waals surface area contributed by atoms with Crippen molar-refractivity contribution >= 4 is 71.3 Å². The summed E-state index contributed by atoms with van der Waals surface area (Å²) in [6.45, 7) is 0. The zero-order valence-corrected chi connectivity index (χ0v) is 30.6. The van der Waals surface area contributed by atoms with Crippen LogP contribution in [0.3, 0.4) is 0 Å². The molecule has 0 aliphatic rings. The standard InChI is InChI=1S/C54H35NO/c1-4-15-45-36(10-1)13-7-18-47(45)39-22-29-42(30-23-39)55(43-31-24-40(25-32-43)48-19-8-14-37-11-2-5-16-46(37)48)44-33-26-41(27-34-44)50-20-9-21-51-52-35-28-38-12-3-6-17-49(38)54(52)56-53(50)51/h1-35H. The molecule has 0 amide bonds. The molecule has 0 atom stereocenters. The maximum absolute atomic E-state index is 6.71. The number of rotatable bonds is 6. The highest BCUT2D eigenvalue weighted by atomic mass is 16.3. The van der Waals surface area contributed by atoms with Crippen LogP contribution in [0.15, 0.2) is 217 Å². The summed E-state index contributed by atoms with van der Waals surface area (Å²) in [5, 5.41) is 9.59. The molecule has 0 aliphatic carbocycles. The van der Waals surface area contributed by atoms with Gasteiger partial charge in [0.15, 0.2) is 0 Å². The Bertz CT molecular complexity index is 3090. The van der Waals surface area contributed by atoms with Crippen LogP contribution in [0.5, 0.6) is 0 Å². The van der Waals surface area contributed by atoms with Crippen molar-refractivity contribution in [2.45, 2.75) is 0 Å². The second-order valence-corrected chi connectivity index (χ2v) is 14.5. The average molecular weight is 714 g/mol. The van der Waals surface area contributed by atoms with Gasteiger partial charge in [-0.3, -0.25) is 0 Å². The van der Waals surface area contributed by atoms with Gasteiger partial charge >= 0.3 is 0 Å². The fourth-order valence-electron chi connectivity index (χ4n) is 8.53. The molecule has 0 N–H and O–H groups in total. The Kier molecular flexibility index (Phi) is 7.53. The molecule has 1 aromatic heterocycles. The Morgan fingerprint density at radius 3 is 1.16 bits per heavy atom. The summed E-state index contributed by atoms with van der Waals surface area (Å²) in [7, 11) is 0. The number of anilines is 3. The summed E-state index contributed by atoms with van der Waals surface area (Å²) in [6, 6.07) is 76.4. The van der Waals surface area contributed by atoms with Crippen molar-refractivity contribution in [2.75, 3.05) is 4.90 Å². The number of fused-ring (bicyclic) bond motifs is 7. The largest absolute Gasteiger partial charge is 0.455 e. The SMILES string of the molecule is c1ccc2c(-c3ccc(N(c4ccc(-c5cccc6ccccc56)cc4)c4ccc(-c5cccc6c5oc5c7ccccc7ccc65)cc4)cc3)cccc2c1. The van der Waals surface area contributed by atoms with E-state index in [0.717, 1.165) is 55.5 Å². The molecule has 0 saturated heterocycles. The third-order valence-corrected chi connectivity index (χ3v) is 11.3. The first-order valence-corrected chi connectivity index (χ1v) is 19.2. The van der Waals surface area contributed by atoms with Crippen LogP contribution < -0.4 is 4.90 Å². The lowest BCUT2D eigenvalue weighted by molar-refractivity contribution is 0.674. The first-order chi connectivity index (χ1) is 27.8. The Balaban J connectivity index is 1.01. The molecule has 0 aliphatic heterocycles. The quantitative estimate of drug-likeness (QED) is 0.171. The number of para-hydroxylation sites is 1. The van der Waals surface area contributed by atoms with Gasteiger partial charge in [0.05, 0.1) is 0 Å². The van der Waals surface area contributed by atoms with Gasteiger partial charge in [-0.15, -0.1) is 0 Å². The zero-order valence-electron chi connectivity index (χ0n) is 30.6. The summed E-state index contributed by atoms with van der Waals surface area (Å²) in [6.07, 6.45) is 0. The third-order valence-electron chi connectivity index (χ3n) is 11.3. The van der Waals surface area contributed by atoms with Gasteiger partial charge in [-0.25, -0.2) is 0 Å². The van der Waals surface area contributed by atoms with Crippen LogP contribution in [-0.2, 0) is 0 Å².